The minimum atomic E-state index is -0.785. The summed E-state index contributed by atoms with van der Waals surface area (Å²) in [5, 5.41) is 11.8. The number of rotatable bonds is 8. The van der Waals surface area contributed by atoms with Crippen molar-refractivity contribution in [3.8, 4) is 5.75 Å². The van der Waals surface area contributed by atoms with Crippen LogP contribution in [0.5, 0.6) is 5.75 Å². The smallest absolute Gasteiger partial charge is 0.300 e. The Labute approximate surface area is 244 Å². The molecule has 0 spiro atoms. The van der Waals surface area contributed by atoms with Crippen LogP contribution >= 0.6 is 0 Å². The fourth-order valence-electron chi connectivity index (χ4n) is 5.63. The summed E-state index contributed by atoms with van der Waals surface area (Å²) in [6, 6.07) is 18.4. The van der Waals surface area contributed by atoms with Crippen LogP contribution in [-0.4, -0.2) is 36.5 Å². The number of hydrogen-bond acceptors (Lipinski definition) is 5. The second-order valence-electron chi connectivity index (χ2n) is 11.6. The molecule has 0 radical (unpaired) electrons. The van der Waals surface area contributed by atoms with E-state index in [4.69, 9.17) is 4.74 Å². The Balaban J connectivity index is 1.95. The zero-order chi connectivity index (χ0) is 30.1. The summed E-state index contributed by atoms with van der Waals surface area (Å²) in [5.74, 6) is -0.817. The average Bonchev–Trinajstić information content (AvgIpc) is 3.19. The Bertz CT molecular complexity index is 1480. The highest BCUT2D eigenvalue weighted by Crippen LogP contribution is 2.44. The first-order valence-corrected chi connectivity index (χ1v) is 14.4. The van der Waals surface area contributed by atoms with Crippen molar-refractivity contribution < 1.29 is 19.4 Å². The lowest BCUT2D eigenvalue weighted by atomic mass is 9.84. The van der Waals surface area contributed by atoms with Gasteiger partial charge >= 0.3 is 0 Å². The fraction of sp³-hybridized carbons (Fsp3) is 0.371. The minimum absolute atomic E-state index is 0.0783. The number of amides is 1. The van der Waals surface area contributed by atoms with Gasteiger partial charge in [0.05, 0.1) is 18.2 Å². The highest BCUT2D eigenvalue weighted by atomic mass is 16.5. The predicted molar refractivity (Wildman–Crippen MR) is 167 cm³/mol. The molecule has 216 valence electrons. The molecule has 1 atom stereocenters. The Morgan fingerprint density at radius 2 is 1.59 bits per heavy atom. The van der Waals surface area contributed by atoms with Gasteiger partial charge in [0.25, 0.3) is 11.7 Å². The summed E-state index contributed by atoms with van der Waals surface area (Å²) in [7, 11) is 0. The van der Waals surface area contributed by atoms with E-state index in [0.717, 1.165) is 46.8 Å². The molecular formula is C35H42N2O4. The molecular weight excluding hydrogens is 512 g/mol. The fourth-order valence-corrected chi connectivity index (χ4v) is 5.63. The van der Waals surface area contributed by atoms with Crippen LogP contribution in [0.3, 0.4) is 0 Å². The third-order valence-corrected chi connectivity index (χ3v) is 7.75. The van der Waals surface area contributed by atoms with E-state index >= 15 is 0 Å². The molecule has 1 aliphatic rings. The molecule has 1 amide bonds. The number of ketones is 1. The molecule has 1 N–H and O–H groups in total. The largest absolute Gasteiger partial charge is 0.507 e. The quantitative estimate of drug-likeness (QED) is 0.178. The molecule has 4 rings (SSSR count). The lowest BCUT2D eigenvalue weighted by Gasteiger charge is -2.28. The van der Waals surface area contributed by atoms with E-state index in [1.54, 1.807) is 6.07 Å². The SMILES string of the molecule is CCOc1ccc(/C(O)=C2/C(=O)C(=O)N(c3ccc(C)cc3C)C2c2ccc(N(CC)CC)cc2)cc1C(C)(C)C. The molecule has 1 saturated heterocycles. The third kappa shape index (κ3) is 5.74. The molecule has 3 aromatic carbocycles. The Hall–Kier alpha value is -4.06. The summed E-state index contributed by atoms with van der Waals surface area (Å²) in [6.07, 6.45) is 0. The number of aryl methyl sites for hydroxylation is 2. The summed E-state index contributed by atoms with van der Waals surface area (Å²) in [6.45, 7) is 18.5. The molecule has 1 unspecified atom stereocenters. The zero-order valence-electron chi connectivity index (χ0n) is 25.5. The highest BCUT2D eigenvalue weighted by Gasteiger charge is 2.47. The van der Waals surface area contributed by atoms with Crippen LogP contribution in [0.25, 0.3) is 5.76 Å². The number of aliphatic hydroxyl groups excluding tert-OH is 1. The number of Topliss-reactive ketones (excluding diaryl/α,β-unsaturated/α-hetero) is 1. The number of carbonyl (C=O) groups excluding carboxylic acids is 2. The first-order valence-electron chi connectivity index (χ1n) is 14.4. The van der Waals surface area contributed by atoms with Crippen molar-refractivity contribution in [2.75, 3.05) is 29.5 Å². The van der Waals surface area contributed by atoms with Gasteiger partial charge < -0.3 is 14.7 Å². The molecule has 1 fully saturated rings. The molecule has 6 heteroatoms. The average molecular weight is 555 g/mol. The van der Waals surface area contributed by atoms with Crippen molar-refractivity contribution >= 4 is 28.8 Å². The van der Waals surface area contributed by atoms with Crippen molar-refractivity contribution in [1.82, 2.24) is 0 Å². The molecule has 41 heavy (non-hydrogen) atoms. The maximum atomic E-state index is 13.7. The monoisotopic (exact) mass is 554 g/mol. The van der Waals surface area contributed by atoms with E-state index in [1.807, 2.05) is 75.4 Å². The maximum Gasteiger partial charge on any atom is 0.300 e. The normalized spacial score (nSPS) is 16.8. The Kier molecular flexibility index (Phi) is 8.62. The van der Waals surface area contributed by atoms with Gasteiger partial charge in [-0.25, -0.2) is 0 Å². The highest BCUT2D eigenvalue weighted by molar-refractivity contribution is 6.51. The molecule has 1 heterocycles. The minimum Gasteiger partial charge on any atom is -0.507 e. The van der Waals surface area contributed by atoms with Crippen molar-refractivity contribution in [2.24, 2.45) is 0 Å². The number of aliphatic hydroxyl groups is 1. The molecule has 0 aliphatic carbocycles. The van der Waals surface area contributed by atoms with E-state index < -0.39 is 17.7 Å². The first kappa shape index (κ1) is 29.9. The van der Waals surface area contributed by atoms with Crippen LogP contribution in [-0.2, 0) is 15.0 Å². The van der Waals surface area contributed by atoms with Crippen molar-refractivity contribution in [2.45, 2.75) is 66.8 Å². The first-order chi connectivity index (χ1) is 19.4. The van der Waals surface area contributed by atoms with Gasteiger partial charge in [-0.05, 0) is 87.6 Å². The molecule has 0 saturated carbocycles. The van der Waals surface area contributed by atoms with E-state index in [0.29, 0.717) is 17.9 Å². The topological polar surface area (TPSA) is 70.1 Å². The van der Waals surface area contributed by atoms with Crippen molar-refractivity contribution in [3.05, 3.63) is 94.1 Å². The maximum absolute atomic E-state index is 13.7. The van der Waals surface area contributed by atoms with E-state index in [-0.39, 0.29) is 16.7 Å². The number of benzene rings is 3. The van der Waals surface area contributed by atoms with E-state index in [1.165, 1.54) is 4.90 Å². The molecule has 0 aromatic heterocycles. The van der Waals surface area contributed by atoms with Crippen LogP contribution in [0, 0.1) is 13.8 Å². The number of hydrogen-bond donors (Lipinski definition) is 1. The summed E-state index contributed by atoms with van der Waals surface area (Å²) >= 11 is 0. The van der Waals surface area contributed by atoms with Gasteiger partial charge in [-0.2, -0.15) is 0 Å². The Morgan fingerprint density at radius 1 is 0.927 bits per heavy atom. The number of carbonyl (C=O) groups is 2. The summed E-state index contributed by atoms with van der Waals surface area (Å²) < 4.78 is 5.87. The Morgan fingerprint density at radius 3 is 2.15 bits per heavy atom. The van der Waals surface area contributed by atoms with Crippen LogP contribution in [0.15, 0.2) is 66.2 Å². The lowest BCUT2D eigenvalue weighted by Crippen LogP contribution is -2.30. The van der Waals surface area contributed by atoms with Gasteiger partial charge in [0, 0.05) is 35.6 Å². The van der Waals surface area contributed by atoms with Crippen LogP contribution < -0.4 is 14.5 Å². The number of anilines is 2. The molecule has 1 aliphatic heterocycles. The van der Waals surface area contributed by atoms with E-state index in [2.05, 4.69) is 39.5 Å². The zero-order valence-corrected chi connectivity index (χ0v) is 25.5. The van der Waals surface area contributed by atoms with Crippen LogP contribution in [0.2, 0.25) is 0 Å². The standard InChI is InChI=1S/C35H42N2O4/c1-9-36(10-2)26-16-13-24(14-17-26)31-30(33(39)34(40)37(31)28-18-12-22(4)20-23(28)5)32(38)25-15-19-29(41-11-3)27(21-25)35(6,7)8/h12-21,31,38H,9-11H2,1-8H3/b32-30-. The molecule has 0 bridgehead atoms. The molecule has 6 nitrogen and oxygen atoms in total. The van der Waals surface area contributed by atoms with Crippen molar-refractivity contribution in [1.29, 1.82) is 0 Å². The van der Waals surface area contributed by atoms with Gasteiger partial charge in [0.1, 0.15) is 11.5 Å². The van der Waals surface area contributed by atoms with Gasteiger partial charge in [0.2, 0.25) is 0 Å². The molecule has 3 aromatic rings. The summed E-state index contributed by atoms with van der Waals surface area (Å²) in [5.41, 5.74) is 5.60. The van der Waals surface area contributed by atoms with Gasteiger partial charge in [-0.15, -0.1) is 0 Å². The lowest BCUT2D eigenvalue weighted by molar-refractivity contribution is -0.132. The number of ether oxygens (including phenoxy) is 1. The number of nitrogens with zero attached hydrogens (tertiary/aromatic N) is 2. The third-order valence-electron chi connectivity index (χ3n) is 7.75. The van der Waals surface area contributed by atoms with Crippen LogP contribution in [0.1, 0.15) is 75.4 Å². The van der Waals surface area contributed by atoms with E-state index in [9.17, 15) is 14.7 Å². The van der Waals surface area contributed by atoms with Gasteiger partial charge in [-0.1, -0.05) is 50.6 Å². The second-order valence-corrected chi connectivity index (χ2v) is 11.6. The van der Waals surface area contributed by atoms with Crippen molar-refractivity contribution in [3.63, 3.8) is 0 Å². The predicted octanol–water partition coefficient (Wildman–Crippen LogP) is 7.47. The van der Waals surface area contributed by atoms with Gasteiger partial charge in [-0.3, -0.25) is 14.5 Å². The second kappa shape index (κ2) is 11.8. The van der Waals surface area contributed by atoms with Crippen LogP contribution in [0.4, 0.5) is 11.4 Å². The van der Waals surface area contributed by atoms with Gasteiger partial charge in [0.15, 0.2) is 0 Å². The summed E-state index contributed by atoms with van der Waals surface area (Å²) in [4.78, 5) is 31.2.